The number of likely N-dealkylation sites (N-methyl/N-ethyl adjacent to an activating group) is 1. The summed E-state index contributed by atoms with van der Waals surface area (Å²) in [5, 5.41) is 2.84. The lowest BCUT2D eigenvalue weighted by atomic mass is 9.99. The number of hydrogen-bond donors (Lipinski definition) is 1. The first-order chi connectivity index (χ1) is 19.4. The summed E-state index contributed by atoms with van der Waals surface area (Å²) in [6, 6.07) is 27.1. The molecule has 0 spiro atoms. The van der Waals surface area contributed by atoms with Crippen molar-refractivity contribution in [2.45, 2.75) is 32.2 Å². The predicted molar refractivity (Wildman–Crippen MR) is 151 cm³/mol. The Kier molecular flexibility index (Phi) is 7.87. The first-order valence-electron chi connectivity index (χ1n) is 13.0. The van der Waals surface area contributed by atoms with Gasteiger partial charge in [0.15, 0.2) is 12.1 Å². The summed E-state index contributed by atoms with van der Waals surface area (Å²) in [6.07, 6.45) is 1.73. The van der Waals surface area contributed by atoms with Crippen molar-refractivity contribution < 1.29 is 19.1 Å². The number of rotatable bonds is 8. The van der Waals surface area contributed by atoms with Gasteiger partial charge in [0.2, 0.25) is 5.91 Å². The van der Waals surface area contributed by atoms with E-state index < -0.39 is 18.2 Å². The van der Waals surface area contributed by atoms with Crippen molar-refractivity contribution in [2.24, 2.45) is 0 Å². The molecule has 0 saturated carbocycles. The highest BCUT2D eigenvalue weighted by molar-refractivity contribution is 6.04. The van der Waals surface area contributed by atoms with E-state index in [0.717, 1.165) is 16.7 Å². The zero-order valence-corrected chi connectivity index (χ0v) is 22.4. The average Bonchev–Trinajstić information content (AvgIpc) is 3.29. The van der Waals surface area contributed by atoms with Crippen LogP contribution in [0.15, 0.2) is 103 Å². The van der Waals surface area contributed by atoms with Gasteiger partial charge in [-0.3, -0.25) is 19.5 Å². The van der Waals surface area contributed by atoms with E-state index in [4.69, 9.17) is 4.74 Å². The van der Waals surface area contributed by atoms with Crippen molar-refractivity contribution >= 4 is 23.6 Å². The highest BCUT2D eigenvalue weighted by Crippen LogP contribution is 2.35. The molecule has 0 radical (unpaired) electrons. The van der Waals surface area contributed by atoms with Gasteiger partial charge in [-0.15, -0.1) is 0 Å². The van der Waals surface area contributed by atoms with Crippen LogP contribution in [0.4, 0.5) is 10.5 Å². The van der Waals surface area contributed by atoms with Crippen LogP contribution in [0.2, 0.25) is 0 Å². The largest absolute Gasteiger partial charge is 0.438 e. The molecule has 1 N–H and O–H groups in total. The number of nitrogens with zero attached hydrogens (tertiary/aromatic N) is 3. The normalized spacial score (nSPS) is 16.4. The molecule has 3 amide bonds. The van der Waals surface area contributed by atoms with E-state index in [1.54, 1.807) is 54.5 Å². The molecule has 1 saturated heterocycles. The van der Waals surface area contributed by atoms with Crippen LogP contribution in [0.1, 0.15) is 38.7 Å². The number of hydrogen-bond acceptors (Lipinski definition) is 5. The van der Waals surface area contributed by atoms with Gasteiger partial charge in [-0.05, 0) is 47.9 Å². The summed E-state index contributed by atoms with van der Waals surface area (Å²) < 4.78 is 5.83. The maximum Gasteiger partial charge on any atom is 0.411 e. The van der Waals surface area contributed by atoms with Crippen LogP contribution < -0.4 is 5.32 Å². The highest BCUT2D eigenvalue weighted by Gasteiger charge is 2.48. The zero-order chi connectivity index (χ0) is 28.1. The Morgan fingerprint density at radius 3 is 2.40 bits per heavy atom. The minimum atomic E-state index is -0.863. The van der Waals surface area contributed by atoms with Crippen molar-refractivity contribution in [3.8, 4) is 0 Å². The topological polar surface area (TPSA) is 91.8 Å². The Labute approximate surface area is 233 Å². The lowest BCUT2D eigenvalue weighted by Crippen LogP contribution is -2.46. The molecule has 1 aromatic heterocycles. The lowest BCUT2D eigenvalue weighted by Gasteiger charge is -2.28. The molecule has 2 heterocycles. The van der Waals surface area contributed by atoms with E-state index in [0.29, 0.717) is 23.4 Å². The van der Waals surface area contributed by atoms with Crippen LogP contribution in [0.5, 0.6) is 0 Å². The molecule has 0 unspecified atom stereocenters. The van der Waals surface area contributed by atoms with E-state index in [9.17, 15) is 14.4 Å². The quantitative estimate of drug-likeness (QED) is 0.329. The molecule has 1 aliphatic heterocycles. The summed E-state index contributed by atoms with van der Waals surface area (Å²) in [5.41, 5.74) is 4.63. The molecular formula is C32H30N4O4. The second kappa shape index (κ2) is 11.8. The lowest BCUT2D eigenvalue weighted by molar-refractivity contribution is -0.136. The summed E-state index contributed by atoms with van der Waals surface area (Å²) in [7, 11) is 1.73. The number of pyridine rings is 1. The molecule has 8 nitrogen and oxygen atoms in total. The zero-order valence-electron chi connectivity index (χ0n) is 22.4. The van der Waals surface area contributed by atoms with Gasteiger partial charge >= 0.3 is 6.09 Å². The van der Waals surface area contributed by atoms with Gasteiger partial charge in [-0.25, -0.2) is 4.79 Å². The smallest absolute Gasteiger partial charge is 0.411 e. The van der Waals surface area contributed by atoms with Crippen LogP contribution in [0, 0.1) is 6.92 Å². The average molecular weight is 535 g/mol. The number of anilines is 1. The van der Waals surface area contributed by atoms with E-state index in [2.05, 4.69) is 10.3 Å². The first-order valence-corrected chi connectivity index (χ1v) is 13.0. The maximum atomic E-state index is 13.9. The standard InChI is InChI=1S/C32H30N4O4/c1-22-8-6-11-24(18-22)21-36-28(31(38)35(2)20-23-9-4-3-5-10-23)29(40-32(36)39)25-13-15-27(16-14-25)34-30(37)26-12-7-17-33-19-26/h3-19,28-29H,20-21H2,1-2H3,(H,34,37)/t28-,29-/m0/s1. The monoisotopic (exact) mass is 534 g/mol. The van der Waals surface area contributed by atoms with Gasteiger partial charge in [0.05, 0.1) is 12.1 Å². The maximum absolute atomic E-state index is 13.9. The SMILES string of the molecule is Cc1cccc(CN2C(=O)O[C@@H](c3ccc(NC(=O)c4cccnc4)cc3)[C@H]2C(=O)N(C)Cc2ccccc2)c1. The first kappa shape index (κ1) is 26.6. The van der Waals surface area contributed by atoms with Gasteiger partial charge < -0.3 is 15.0 Å². The molecule has 0 aliphatic carbocycles. The molecule has 40 heavy (non-hydrogen) atoms. The van der Waals surface area contributed by atoms with Gasteiger partial charge in [-0.1, -0.05) is 72.3 Å². The molecule has 3 aromatic carbocycles. The van der Waals surface area contributed by atoms with Crippen molar-refractivity contribution in [3.05, 3.63) is 131 Å². The van der Waals surface area contributed by atoms with Crippen LogP contribution >= 0.6 is 0 Å². The number of cyclic esters (lactones) is 1. The molecule has 0 bridgehead atoms. The van der Waals surface area contributed by atoms with Crippen molar-refractivity contribution in [1.29, 1.82) is 0 Å². The van der Waals surface area contributed by atoms with Gasteiger partial charge in [0.1, 0.15) is 0 Å². The fraction of sp³-hybridized carbons (Fsp3) is 0.188. The van der Waals surface area contributed by atoms with Crippen molar-refractivity contribution in [2.75, 3.05) is 12.4 Å². The Morgan fingerprint density at radius 2 is 1.70 bits per heavy atom. The number of ether oxygens (including phenoxy) is 1. The van der Waals surface area contributed by atoms with Crippen molar-refractivity contribution in [3.63, 3.8) is 0 Å². The summed E-state index contributed by atoms with van der Waals surface area (Å²) in [6.45, 7) is 2.63. The Morgan fingerprint density at radius 1 is 0.950 bits per heavy atom. The molecule has 5 rings (SSSR count). The molecule has 1 aliphatic rings. The molecule has 202 valence electrons. The summed E-state index contributed by atoms with van der Waals surface area (Å²) in [4.78, 5) is 46.7. The number of aromatic nitrogens is 1. The summed E-state index contributed by atoms with van der Waals surface area (Å²) >= 11 is 0. The van der Waals surface area contributed by atoms with E-state index in [-0.39, 0.29) is 18.4 Å². The number of aryl methyl sites for hydroxylation is 1. The van der Waals surface area contributed by atoms with Gasteiger partial charge in [0, 0.05) is 31.7 Å². The minimum absolute atomic E-state index is 0.221. The van der Waals surface area contributed by atoms with E-state index in [1.807, 2.05) is 61.5 Å². The third kappa shape index (κ3) is 6.02. The fourth-order valence-corrected chi connectivity index (χ4v) is 4.82. The Balaban J connectivity index is 1.40. The van der Waals surface area contributed by atoms with Crippen LogP contribution in [-0.4, -0.2) is 45.8 Å². The molecule has 1 fully saturated rings. The fourth-order valence-electron chi connectivity index (χ4n) is 4.82. The molecule has 2 atom stereocenters. The number of carbonyl (C=O) groups is 3. The third-order valence-corrected chi connectivity index (χ3v) is 6.83. The summed E-state index contributed by atoms with van der Waals surface area (Å²) in [5.74, 6) is -0.505. The third-order valence-electron chi connectivity index (χ3n) is 6.83. The Hall–Kier alpha value is -4.98. The second-order valence-corrected chi connectivity index (χ2v) is 9.86. The Bertz CT molecular complexity index is 1490. The number of carbonyl (C=O) groups excluding carboxylic acids is 3. The minimum Gasteiger partial charge on any atom is -0.438 e. The van der Waals surface area contributed by atoms with Gasteiger partial charge in [0.25, 0.3) is 5.91 Å². The molecular weight excluding hydrogens is 504 g/mol. The number of amides is 3. The molecule has 8 heteroatoms. The van der Waals surface area contributed by atoms with E-state index >= 15 is 0 Å². The van der Waals surface area contributed by atoms with E-state index in [1.165, 1.54) is 11.1 Å². The van der Waals surface area contributed by atoms with Crippen molar-refractivity contribution in [1.82, 2.24) is 14.8 Å². The van der Waals surface area contributed by atoms with Crippen LogP contribution in [0.25, 0.3) is 0 Å². The van der Waals surface area contributed by atoms with Gasteiger partial charge in [-0.2, -0.15) is 0 Å². The second-order valence-electron chi connectivity index (χ2n) is 9.86. The molecule has 4 aromatic rings. The predicted octanol–water partition coefficient (Wildman–Crippen LogP) is 5.36. The highest BCUT2D eigenvalue weighted by atomic mass is 16.6. The van der Waals surface area contributed by atoms with Crippen LogP contribution in [-0.2, 0) is 22.6 Å². The number of nitrogens with one attached hydrogen (secondary N) is 1. The van der Waals surface area contributed by atoms with Crippen LogP contribution in [0.3, 0.4) is 0 Å². The number of benzene rings is 3.